The van der Waals surface area contributed by atoms with E-state index in [1.165, 1.54) is 0 Å². The molecule has 0 bridgehead atoms. The minimum absolute atomic E-state index is 0.244. The monoisotopic (exact) mass is 142 g/mol. The topological polar surface area (TPSA) is 67.2 Å². The summed E-state index contributed by atoms with van der Waals surface area (Å²) in [7, 11) is 0. The van der Waals surface area contributed by atoms with Crippen molar-refractivity contribution in [1.82, 2.24) is 9.71 Å². The lowest BCUT2D eigenvalue weighted by Crippen LogP contribution is -2.20. The SMILES string of the molecule is C=COn1cc(O)[nH]c1=O. The number of nitrogens with one attached hydrogen (secondary N) is 1. The maximum Gasteiger partial charge on any atom is 0.361 e. The van der Waals surface area contributed by atoms with Gasteiger partial charge in [0.05, 0.1) is 0 Å². The van der Waals surface area contributed by atoms with Crippen LogP contribution in [0.25, 0.3) is 0 Å². The van der Waals surface area contributed by atoms with Crippen molar-refractivity contribution in [2.24, 2.45) is 0 Å². The van der Waals surface area contributed by atoms with Gasteiger partial charge in [0.15, 0.2) is 0 Å². The van der Waals surface area contributed by atoms with E-state index in [1.54, 1.807) is 0 Å². The number of hydrogen-bond acceptors (Lipinski definition) is 3. The number of H-pyrrole nitrogens is 1. The number of aromatic hydroxyl groups is 1. The van der Waals surface area contributed by atoms with Gasteiger partial charge < -0.3 is 9.94 Å². The van der Waals surface area contributed by atoms with Crippen LogP contribution in [0.4, 0.5) is 0 Å². The third kappa shape index (κ3) is 1.02. The van der Waals surface area contributed by atoms with Crippen LogP contribution >= 0.6 is 0 Å². The summed E-state index contributed by atoms with van der Waals surface area (Å²) >= 11 is 0. The van der Waals surface area contributed by atoms with E-state index in [0.717, 1.165) is 17.2 Å². The van der Waals surface area contributed by atoms with Crippen molar-refractivity contribution in [2.45, 2.75) is 0 Å². The lowest BCUT2D eigenvalue weighted by molar-refractivity contribution is 0.203. The van der Waals surface area contributed by atoms with Gasteiger partial charge in [-0.1, -0.05) is 6.58 Å². The zero-order valence-electron chi connectivity index (χ0n) is 5.07. The van der Waals surface area contributed by atoms with Gasteiger partial charge >= 0.3 is 5.69 Å². The summed E-state index contributed by atoms with van der Waals surface area (Å²) in [5, 5.41) is 8.67. The second kappa shape index (κ2) is 2.30. The molecule has 0 amide bonds. The van der Waals surface area contributed by atoms with E-state index in [9.17, 15) is 4.79 Å². The highest BCUT2D eigenvalue weighted by atomic mass is 16.7. The quantitative estimate of drug-likeness (QED) is 0.544. The number of nitrogens with zero attached hydrogens (tertiary/aromatic N) is 1. The molecule has 0 aromatic carbocycles. The van der Waals surface area contributed by atoms with Crippen molar-refractivity contribution in [1.29, 1.82) is 0 Å². The average molecular weight is 142 g/mol. The molecule has 0 aliphatic heterocycles. The number of aromatic amines is 1. The second-order valence-electron chi connectivity index (χ2n) is 1.54. The fraction of sp³-hybridized carbons (Fsp3) is 0. The van der Waals surface area contributed by atoms with E-state index < -0.39 is 5.69 Å². The smallest absolute Gasteiger partial charge is 0.361 e. The molecule has 0 aliphatic carbocycles. The molecule has 0 atom stereocenters. The largest absolute Gasteiger partial charge is 0.493 e. The predicted octanol–water partition coefficient (Wildman–Crippen LogP) is -0.546. The van der Waals surface area contributed by atoms with E-state index in [0.29, 0.717) is 0 Å². The molecular weight excluding hydrogens is 136 g/mol. The molecule has 1 rings (SSSR count). The van der Waals surface area contributed by atoms with Crippen molar-refractivity contribution < 1.29 is 9.94 Å². The molecule has 1 aromatic heterocycles. The molecular formula is C5H6N2O3. The van der Waals surface area contributed by atoms with E-state index in [-0.39, 0.29) is 5.88 Å². The average Bonchev–Trinajstić information content (AvgIpc) is 2.13. The number of rotatable bonds is 2. The van der Waals surface area contributed by atoms with Crippen LogP contribution in [0.3, 0.4) is 0 Å². The fourth-order valence-corrected chi connectivity index (χ4v) is 0.525. The number of aromatic nitrogens is 2. The van der Waals surface area contributed by atoms with E-state index in [1.807, 2.05) is 0 Å². The van der Waals surface area contributed by atoms with E-state index in [2.05, 4.69) is 16.4 Å². The highest BCUT2D eigenvalue weighted by molar-refractivity contribution is 4.99. The summed E-state index contributed by atoms with van der Waals surface area (Å²) in [6.45, 7) is 3.23. The summed E-state index contributed by atoms with van der Waals surface area (Å²) in [6, 6.07) is 0. The molecule has 0 spiro atoms. The van der Waals surface area contributed by atoms with Crippen molar-refractivity contribution >= 4 is 0 Å². The highest BCUT2D eigenvalue weighted by Gasteiger charge is 1.98. The fourth-order valence-electron chi connectivity index (χ4n) is 0.525. The Labute approximate surface area is 56.1 Å². The van der Waals surface area contributed by atoms with Gasteiger partial charge in [-0.15, -0.1) is 4.73 Å². The van der Waals surface area contributed by atoms with Gasteiger partial charge in [0.2, 0.25) is 5.88 Å². The first kappa shape index (κ1) is 6.47. The first-order chi connectivity index (χ1) is 4.74. The third-order valence-electron chi connectivity index (χ3n) is 0.863. The molecule has 0 saturated carbocycles. The number of hydrogen-bond donors (Lipinski definition) is 2. The van der Waals surface area contributed by atoms with Crippen molar-refractivity contribution in [3.8, 4) is 5.88 Å². The molecule has 0 aliphatic rings. The summed E-state index contributed by atoms with van der Waals surface area (Å²) in [6.07, 6.45) is 2.18. The minimum atomic E-state index is -0.544. The van der Waals surface area contributed by atoms with E-state index >= 15 is 0 Å². The standard InChI is InChI=1S/C5H6N2O3/c1-2-10-7-3-4(8)6-5(7)9/h2-3,8H,1H2,(H,6,9). The molecule has 54 valence electrons. The minimum Gasteiger partial charge on any atom is -0.493 e. The second-order valence-corrected chi connectivity index (χ2v) is 1.54. The van der Waals surface area contributed by atoms with Crippen LogP contribution in [0.1, 0.15) is 0 Å². The van der Waals surface area contributed by atoms with Crippen LogP contribution in [0, 0.1) is 0 Å². The Morgan fingerprint density at radius 2 is 2.60 bits per heavy atom. The highest BCUT2D eigenvalue weighted by Crippen LogP contribution is 1.94. The zero-order valence-corrected chi connectivity index (χ0v) is 5.07. The molecule has 10 heavy (non-hydrogen) atoms. The van der Waals surface area contributed by atoms with E-state index in [4.69, 9.17) is 5.11 Å². The summed E-state index contributed by atoms with van der Waals surface area (Å²) in [5.74, 6) is -0.244. The Morgan fingerprint density at radius 1 is 1.90 bits per heavy atom. The molecule has 0 saturated heterocycles. The van der Waals surface area contributed by atoms with Crippen LogP contribution in [-0.2, 0) is 0 Å². The Morgan fingerprint density at radius 3 is 3.00 bits per heavy atom. The first-order valence-electron chi connectivity index (χ1n) is 2.52. The molecule has 0 radical (unpaired) electrons. The zero-order chi connectivity index (χ0) is 7.56. The third-order valence-corrected chi connectivity index (χ3v) is 0.863. The van der Waals surface area contributed by atoms with Gasteiger partial charge in [0.1, 0.15) is 12.5 Å². The van der Waals surface area contributed by atoms with Crippen molar-refractivity contribution in [3.05, 3.63) is 29.5 Å². The van der Waals surface area contributed by atoms with Gasteiger partial charge in [0.25, 0.3) is 0 Å². The van der Waals surface area contributed by atoms with Crippen LogP contribution in [0.5, 0.6) is 5.88 Å². The Kier molecular flexibility index (Phi) is 1.49. The van der Waals surface area contributed by atoms with Gasteiger partial charge in [0, 0.05) is 0 Å². The van der Waals surface area contributed by atoms with Crippen LogP contribution in [0.2, 0.25) is 0 Å². The molecule has 1 aromatic rings. The van der Waals surface area contributed by atoms with Crippen LogP contribution in [-0.4, -0.2) is 14.8 Å². The molecule has 5 heteroatoms. The van der Waals surface area contributed by atoms with Gasteiger partial charge in [-0.3, -0.25) is 4.98 Å². The van der Waals surface area contributed by atoms with Crippen molar-refractivity contribution in [3.63, 3.8) is 0 Å². The Balaban J connectivity index is 3.03. The maximum atomic E-state index is 10.6. The lowest BCUT2D eigenvalue weighted by atomic mass is 10.9. The van der Waals surface area contributed by atoms with Gasteiger partial charge in [-0.25, -0.2) is 4.79 Å². The lowest BCUT2D eigenvalue weighted by Gasteiger charge is -1.92. The van der Waals surface area contributed by atoms with Crippen LogP contribution in [0.15, 0.2) is 23.8 Å². The van der Waals surface area contributed by atoms with Gasteiger partial charge in [-0.05, 0) is 0 Å². The van der Waals surface area contributed by atoms with Gasteiger partial charge in [-0.2, -0.15) is 0 Å². The Hall–Kier alpha value is -1.65. The molecule has 5 nitrogen and oxygen atoms in total. The van der Waals surface area contributed by atoms with Crippen molar-refractivity contribution in [2.75, 3.05) is 0 Å². The summed E-state index contributed by atoms with van der Waals surface area (Å²) in [4.78, 5) is 17.2. The molecule has 0 unspecified atom stereocenters. The molecule has 2 N–H and O–H groups in total. The molecule has 0 fully saturated rings. The summed E-state index contributed by atoms with van der Waals surface area (Å²) in [5.41, 5.74) is -0.544. The number of imidazole rings is 1. The maximum absolute atomic E-state index is 10.6. The van der Waals surface area contributed by atoms with Crippen LogP contribution < -0.4 is 10.5 Å². The normalized spacial score (nSPS) is 9.20. The predicted molar refractivity (Wildman–Crippen MR) is 33.5 cm³/mol. The Bertz CT molecular complexity index is 285. The first-order valence-corrected chi connectivity index (χ1v) is 2.52. The molecule has 1 heterocycles. The summed E-state index contributed by atoms with van der Waals surface area (Å²) < 4.78 is 0.822.